The van der Waals surface area contributed by atoms with Crippen molar-refractivity contribution in [1.29, 1.82) is 0 Å². The molecule has 0 radical (unpaired) electrons. The summed E-state index contributed by atoms with van der Waals surface area (Å²) in [6.45, 7) is 4.63. The topological polar surface area (TPSA) is 39.7 Å². The van der Waals surface area contributed by atoms with E-state index in [-0.39, 0.29) is 24.4 Å². The van der Waals surface area contributed by atoms with Crippen LogP contribution < -0.4 is 5.32 Å². The second-order valence-electron chi connectivity index (χ2n) is 8.66. The Bertz CT molecular complexity index is 919. The molecule has 1 fully saturated rings. The van der Waals surface area contributed by atoms with Crippen molar-refractivity contribution in [2.24, 2.45) is 0 Å². The van der Waals surface area contributed by atoms with Crippen LogP contribution in [0.1, 0.15) is 36.5 Å². The first-order valence-corrected chi connectivity index (χ1v) is 12.0. The summed E-state index contributed by atoms with van der Waals surface area (Å²) in [7, 11) is 0. The maximum Gasteiger partial charge on any atom is 0.113 e. The highest BCUT2D eigenvalue weighted by Crippen LogP contribution is 2.25. The molecule has 1 saturated heterocycles. The highest BCUT2D eigenvalue weighted by molar-refractivity contribution is 5.15. The SMILES string of the molecule is CCC[C@H]1NC[C@H](OCc2ccccc2)[C@H](OCc2ccccc2)[C@H]1OCc1ccccc1. The maximum absolute atomic E-state index is 6.56. The molecule has 3 aromatic rings. The van der Waals surface area contributed by atoms with E-state index in [9.17, 15) is 0 Å². The number of ether oxygens (including phenoxy) is 3. The largest absolute Gasteiger partial charge is 0.369 e. The Hall–Kier alpha value is -2.50. The van der Waals surface area contributed by atoms with E-state index in [0.717, 1.165) is 30.5 Å². The lowest BCUT2D eigenvalue weighted by molar-refractivity contribution is -0.176. The molecule has 4 rings (SSSR count). The number of rotatable bonds is 11. The molecule has 0 saturated carbocycles. The summed E-state index contributed by atoms with van der Waals surface area (Å²) < 4.78 is 19.5. The molecular weight excluding hydrogens is 410 g/mol. The number of hydrogen-bond donors (Lipinski definition) is 1. The number of hydrogen-bond acceptors (Lipinski definition) is 4. The maximum atomic E-state index is 6.56. The van der Waals surface area contributed by atoms with Crippen LogP contribution in [0.15, 0.2) is 91.0 Å². The molecule has 174 valence electrons. The molecule has 1 heterocycles. The van der Waals surface area contributed by atoms with Crippen LogP contribution in [0.25, 0.3) is 0 Å². The van der Waals surface area contributed by atoms with Crippen LogP contribution in [0.2, 0.25) is 0 Å². The fourth-order valence-corrected chi connectivity index (χ4v) is 4.40. The van der Waals surface area contributed by atoms with Gasteiger partial charge in [-0.25, -0.2) is 0 Å². The fourth-order valence-electron chi connectivity index (χ4n) is 4.40. The van der Waals surface area contributed by atoms with Crippen LogP contribution in [0.3, 0.4) is 0 Å². The number of nitrogens with one attached hydrogen (secondary N) is 1. The van der Waals surface area contributed by atoms with Gasteiger partial charge in [-0.15, -0.1) is 0 Å². The Morgan fingerprint density at radius 2 is 1.09 bits per heavy atom. The Kier molecular flexibility index (Phi) is 9.08. The molecule has 0 aromatic heterocycles. The zero-order chi connectivity index (χ0) is 22.7. The Morgan fingerprint density at radius 1 is 0.636 bits per heavy atom. The molecule has 0 amide bonds. The molecule has 0 unspecified atom stereocenters. The Morgan fingerprint density at radius 3 is 1.58 bits per heavy atom. The van der Waals surface area contributed by atoms with Gasteiger partial charge in [-0.3, -0.25) is 0 Å². The standard InChI is InChI=1S/C29H35NO3/c1-2-12-26-28(32-21-24-15-8-4-9-16-24)29(33-22-25-17-10-5-11-18-25)27(19-30-26)31-20-23-13-6-3-7-14-23/h3-11,13-18,26-30H,2,12,19-22H2,1H3/t26-,27+,28+,29+/m1/s1. The highest BCUT2D eigenvalue weighted by Gasteiger charge is 2.41. The van der Waals surface area contributed by atoms with Gasteiger partial charge in [0, 0.05) is 12.6 Å². The highest BCUT2D eigenvalue weighted by atomic mass is 16.6. The molecule has 1 aliphatic heterocycles. The third-order valence-electron chi connectivity index (χ3n) is 6.15. The molecule has 0 aliphatic carbocycles. The van der Waals surface area contributed by atoms with Crippen molar-refractivity contribution in [3.8, 4) is 0 Å². The average Bonchev–Trinajstić information content (AvgIpc) is 2.88. The van der Waals surface area contributed by atoms with Crippen molar-refractivity contribution < 1.29 is 14.2 Å². The van der Waals surface area contributed by atoms with Crippen LogP contribution in [-0.4, -0.2) is 30.9 Å². The fraction of sp³-hybridized carbons (Fsp3) is 0.379. The van der Waals surface area contributed by atoms with E-state index in [2.05, 4.69) is 60.8 Å². The first-order chi connectivity index (χ1) is 16.3. The Labute approximate surface area is 197 Å². The van der Waals surface area contributed by atoms with E-state index < -0.39 is 0 Å². The van der Waals surface area contributed by atoms with E-state index in [1.54, 1.807) is 0 Å². The molecule has 3 aromatic carbocycles. The Balaban J connectivity index is 1.50. The number of piperidine rings is 1. The summed E-state index contributed by atoms with van der Waals surface area (Å²) in [5, 5.41) is 3.69. The normalized spacial score (nSPS) is 22.8. The van der Waals surface area contributed by atoms with Gasteiger partial charge < -0.3 is 19.5 Å². The molecule has 0 bridgehead atoms. The van der Waals surface area contributed by atoms with Crippen molar-refractivity contribution in [2.45, 2.75) is 63.9 Å². The third-order valence-corrected chi connectivity index (χ3v) is 6.15. The molecule has 1 N–H and O–H groups in total. The second kappa shape index (κ2) is 12.7. The van der Waals surface area contributed by atoms with Gasteiger partial charge in [0.05, 0.1) is 25.9 Å². The van der Waals surface area contributed by atoms with Crippen LogP contribution in [0.4, 0.5) is 0 Å². The van der Waals surface area contributed by atoms with E-state index in [1.807, 2.05) is 42.5 Å². The number of benzene rings is 3. The summed E-state index contributed by atoms with van der Waals surface area (Å²) in [5.41, 5.74) is 3.49. The van der Waals surface area contributed by atoms with Gasteiger partial charge in [-0.1, -0.05) is 104 Å². The van der Waals surface area contributed by atoms with Crippen molar-refractivity contribution in [1.82, 2.24) is 5.32 Å². The molecule has 1 aliphatic rings. The van der Waals surface area contributed by atoms with Crippen molar-refractivity contribution in [3.63, 3.8) is 0 Å². The minimum absolute atomic E-state index is 0.0941. The predicted molar refractivity (Wildman–Crippen MR) is 132 cm³/mol. The van der Waals surface area contributed by atoms with Gasteiger partial charge in [0.1, 0.15) is 12.2 Å². The quantitative estimate of drug-likeness (QED) is 0.422. The van der Waals surface area contributed by atoms with E-state index in [1.165, 1.54) is 5.56 Å². The molecule has 33 heavy (non-hydrogen) atoms. The molecule has 4 nitrogen and oxygen atoms in total. The van der Waals surface area contributed by atoms with Gasteiger partial charge in [-0.05, 0) is 23.1 Å². The lowest BCUT2D eigenvalue weighted by atomic mass is 9.92. The monoisotopic (exact) mass is 445 g/mol. The lowest BCUT2D eigenvalue weighted by Gasteiger charge is -2.43. The average molecular weight is 446 g/mol. The first kappa shape index (κ1) is 23.7. The lowest BCUT2D eigenvalue weighted by Crippen LogP contribution is -2.61. The van der Waals surface area contributed by atoms with Gasteiger partial charge in [-0.2, -0.15) is 0 Å². The molecule has 0 spiro atoms. The van der Waals surface area contributed by atoms with Crippen LogP contribution in [0.5, 0.6) is 0 Å². The van der Waals surface area contributed by atoms with E-state index in [4.69, 9.17) is 14.2 Å². The van der Waals surface area contributed by atoms with Crippen molar-refractivity contribution in [3.05, 3.63) is 108 Å². The van der Waals surface area contributed by atoms with Crippen molar-refractivity contribution in [2.75, 3.05) is 6.54 Å². The molecule has 4 heteroatoms. The molecule has 4 atom stereocenters. The summed E-state index contributed by atoms with van der Waals surface area (Å²) in [5.74, 6) is 0. The summed E-state index contributed by atoms with van der Waals surface area (Å²) >= 11 is 0. The summed E-state index contributed by atoms with van der Waals surface area (Å²) in [6.07, 6.45) is 1.78. The minimum Gasteiger partial charge on any atom is -0.369 e. The first-order valence-electron chi connectivity index (χ1n) is 12.0. The van der Waals surface area contributed by atoms with Crippen LogP contribution in [0, 0.1) is 0 Å². The van der Waals surface area contributed by atoms with Crippen LogP contribution >= 0.6 is 0 Å². The van der Waals surface area contributed by atoms with Crippen LogP contribution in [-0.2, 0) is 34.0 Å². The van der Waals surface area contributed by atoms with Gasteiger partial charge in [0.15, 0.2) is 0 Å². The summed E-state index contributed by atoms with van der Waals surface area (Å²) in [4.78, 5) is 0. The third kappa shape index (κ3) is 6.99. The van der Waals surface area contributed by atoms with E-state index >= 15 is 0 Å². The van der Waals surface area contributed by atoms with E-state index in [0.29, 0.717) is 19.8 Å². The summed E-state index contributed by atoms with van der Waals surface area (Å²) in [6, 6.07) is 31.2. The smallest absolute Gasteiger partial charge is 0.113 e. The minimum atomic E-state index is -0.157. The second-order valence-corrected chi connectivity index (χ2v) is 8.66. The predicted octanol–water partition coefficient (Wildman–Crippen LogP) is 5.51. The van der Waals surface area contributed by atoms with Crippen molar-refractivity contribution >= 4 is 0 Å². The zero-order valence-electron chi connectivity index (χ0n) is 19.4. The van der Waals surface area contributed by atoms with Gasteiger partial charge in [0.2, 0.25) is 0 Å². The van der Waals surface area contributed by atoms with Gasteiger partial charge in [0.25, 0.3) is 0 Å². The zero-order valence-corrected chi connectivity index (χ0v) is 19.4. The van der Waals surface area contributed by atoms with Gasteiger partial charge >= 0.3 is 0 Å². The molecular formula is C29H35NO3.